The molecule has 0 radical (unpaired) electrons. The molecule has 0 saturated heterocycles. The number of nitrogen functional groups attached to an aromatic ring is 1. The summed E-state index contributed by atoms with van der Waals surface area (Å²) >= 11 is 1.23. The molecule has 1 aromatic heterocycles. The van der Waals surface area contributed by atoms with E-state index in [0.29, 0.717) is 16.6 Å². The van der Waals surface area contributed by atoms with Gasteiger partial charge in [0, 0.05) is 34.7 Å². The maximum absolute atomic E-state index is 12.4. The lowest BCUT2D eigenvalue weighted by Crippen LogP contribution is -2.40. The zero-order valence-electron chi connectivity index (χ0n) is 12.5. The topological polar surface area (TPSA) is 82.8 Å². The lowest BCUT2D eigenvalue weighted by Gasteiger charge is -2.21. The molecule has 0 aromatic carbocycles. The van der Waals surface area contributed by atoms with E-state index in [9.17, 15) is 9.59 Å². The average molecular weight is 299 g/mol. The predicted octanol–water partition coefficient (Wildman–Crippen LogP) is 0.342. The number of thiazole rings is 1. The van der Waals surface area contributed by atoms with Crippen LogP contribution in [0, 0.1) is 0 Å². The predicted molar refractivity (Wildman–Crippen MR) is 81.1 cm³/mol. The Balaban J connectivity index is 2.94. The monoisotopic (exact) mass is 299 g/mol. The van der Waals surface area contributed by atoms with Crippen LogP contribution in [0.2, 0.25) is 0 Å². The minimum atomic E-state index is -0.259. The third-order valence-electron chi connectivity index (χ3n) is 2.71. The SMILES string of the molecule is CCN(CC(=O)N(C)C)C(=O)c1sc(N(C)C)nc1N. The molecular formula is C12H21N5O2S. The number of hydrogen-bond donors (Lipinski definition) is 1. The standard InChI is InChI=1S/C12H21N5O2S/c1-6-17(7-8(18)15(2)3)11(19)9-10(13)14-12(20-9)16(4)5/h6-7,13H2,1-5H3. The molecule has 1 heterocycles. The Morgan fingerprint density at radius 3 is 2.25 bits per heavy atom. The Bertz CT molecular complexity index is 498. The first kappa shape index (κ1) is 16.2. The highest BCUT2D eigenvalue weighted by molar-refractivity contribution is 7.18. The maximum atomic E-state index is 12.4. The van der Waals surface area contributed by atoms with Gasteiger partial charge >= 0.3 is 0 Å². The maximum Gasteiger partial charge on any atom is 0.268 e. The van der Waals surface area contributed by atoms with Gasteiger partial charge in [0.2, 0.25) is 5.91 Å². The van der Waals surface area contributed by atoms with E-state index in [2.05, 4.69) is 4.98 Å². The number of amides is 2. The number of nitrogens with zero attached hydrogens (tertiary/aromatic N) is 4. The summed E-state index contributed by atoms with van der Waals surface area (Å²) in [6.07, 6.45) is 0. The fourth-order valence-electron chi connectivity index (χ4n) is 1.44. The van der Waals surface area contributed by atoms with Crippen molar-refractivity contribution in [2.24, 2.45) is 0 Å². The molecule has 1 aromatic rings. The number of rotatable bonds is 5. The summed E-state index contributed by atoms with van der Waals surface area (Å²) in [7, 11) is 6.98. The number of carbonyl (C=O) groups excluding carboxylic acids is 2. The van der Waals surface area contributed by atoms with Crippen molar-refractivity contribution >= 4 is 34.1 Å². The minimum absolute atomic E-state index is 0.0387. The summed E-state index contributed by atoms with van der Waals surface area (Å²) in [5.41, 5.74) is 5.79. The van der Waals surface area contributed by atoms with Gasteiger partial charge in [0.1, 0.15) is 17.2 Å². The van der Waals surface area contributed by atoms with Crippen LogP contribution >= 0.6 is 11.3 Å². The van der Waals surface area contributed by atoms with Crippen LogP contribution in [-0.2, 0) is 4.79 Å². The lowest BCUT2D eigenvalue weighted by molar-refractivity contribution is -0.129. The van der Waals surface area contributed by atoms with Crippen molar-refractivity contribution in [2.45, 2.75) is 6.92 Å². The molecule has 0 fully saturated rings. The molecule has 0 unspecified atom stereocenters. The third kappa shape index (κ3) is 3.60. The van der Waals surface area contributed by atoms with Gasteiger partial charge < -0.3 is 20.4 Å². The number of anilines is 2. The van der Waals surface area contributed by atoms with Gasteiger partial charge in [0.05, 0.1) is 0 Å². The molecule has 2 amide bonds. The third-order valence-corrected chi connectivity index (χ3v) is 3.94. The van der Waals surface area contributed by atoms with Crippen LogP contribution in [-0.4, -0.2) is 67.9 Å². The van der Waals surface area contributed by atoms with Crippen molar-refractivity contribution in [3.05, 3.63) is 4.88 Å². The lowest BCUT2D eigenvalue weighted by atomic mass is 10.3. The first-order chi connectivity index (χ1) is 9.27. The van der Waals surface area contributed by atoms with Crippen molar-refractivity contribution in [3.63, 3.8) is 0 Å². The molecule has 112 valence electrons. The highest BCUT2D eigenvalue weighted by atomic mass is 32.1. The number of aromatic nitrogens is 1. The molecule has 0 saturated carbocycles. The van der Waals surface area contributed by atoms with E-state index in [0.717, 1.165) is 0 Å². The Morgan fingerprint density at radius 1 is 1.25 bits per heavy atom. The molecule has 0 bridgehead atoms. The highest BCUT2D eigenvalue weighted by Crippen LogP contribution is 2.27. The summed E-state index contributed by atoms with van der Waals surface area (Å²) in [5.74, 6) is -0.179. The summed E-state index contributed by atoms with van der Waals surface area (Å²) in [5, 5.41) is 0.667. The molecule has 0 atom stereocenters. The van der Waals surface area contributed by atoms with Gasteiger partial charge in [-0.1, -0.05) is 11.3 Å². The van der Waals surface area contributed by atoms with Crippen LogP contribution in [0.3, 0.4) is 0 Å². The zero-order valence-corrected chi connectivity index (χ0v) is 13.3. The van der Waals surface area contributed by atoms with Crippen molar-refractivity contribution in [1.29, 1.82) is 0 Å². The first-order valence-corrected chi connectivity index (χ1v) is 7.02. The van der Waals surface area contributed by atoms with Gasteiger partial charge in [-0.3, -0.25) is 9.59 Å². The van der Waals surface area contributed by atoms with E-state index >= 15 is 0 Å². The molecule has 1 rings (SSSR count). The van der Waals surface area contributed by atoms with E-state index in [-0.39, 0.29) is 24.2 Å². The van der Waals surface area contributed by atoms with Crippen LogP contribution in [0.4, 0.5) is 10.9 Å². The van der Waals surface area contributed by atoms with Crippen molar-refractivity contribution in [1.82, 2.24) is 14.8 Å². The number of likely N-dealkylation sites (N-methyl/N-ethyl adjacent to an activating group) is 2. The molecule has 7 nitrogen and oxygen atoms in total. The summed E-state index contributed by atoms with van der Waals surface area (Å²) in [4.78, 5) is 33.4. The van der Waals surface area contributed by atoms with Gasteiger partial charge in [-0.15, -0.1) is 0 Å². The zero-order chi connectivity index (χ0) is 15.4. The molecule has 0 spiro atoms. The summed E-state index contributed by atoms with van der Waals surface area (Å²) in [6, 6.07) is 0. The Hall–Kier alpha value is -1.83. The van der Waals surface area contributed by atoms with Gasteiger partial charge in [0.15, 0.2) is 5.13 Å². The highest BCUT2D eigenvalue weighted by Gasteiger charge is 2.23. The van der Waals surface area contributed by atoms with Crippen LogP contribution < -0.4 is 10.6 Å². The average Bonchev–Trinajstić information content (AvgIpc) is 2.77. The fraction of sp³-hybridized carbons (Fsp3) is 0.583. The largest absolute Gasteiger partial charge is 0.382 e. The number of carbonyl (C=O) groups is 2. The smallest absolute Gasteiger partial charge is 0.268 e. The van der Waals surface area contributed by atoms with E-state index in [1.54, 1.807) is 19.0 Å². The summed E-state index contributed by atoms with van der Waals surface area (Å²) < 4.78 is 0. The minimum Gasteiger partial charge on any atom is -0.382 e. The second-order valence-electron chi connectivity index (χ2n) is 4.71. The normalized spacial score (nSPS) is 10.2. The number of nitrogens with two attached hydrogens (primary N) is 1. The van der Waals surface area contributed by atoms with E-state index in [1.165, 1.54) is 21.1 Å². The van der Waals surface area contributed by atoms with Gasteiger partial charge in [-0.2, -0.15) is 0 Å². The molecule has 2 N–H and O–H groups in total. The second kappa shape index (κ2) is 6.56. The van der Waals surface area contributed by atoms with Gasteiger partial charge in [-0.25, -0.2) is 4.98 Å². The molecule has 0 aliphatic rings. The Morgan fingerprint density at radius 2 is 1.85 bits per heavy atom. The van der Waals surface area contributed by atoms with Gasteiger partial charge in [-0.05, 0) is 6.92 Å². The molecular weight excluding hydrogens is 278 g/mol. The van der Waals surface area contributed by atoms with Crippen LogP contribution in [0.25, 0.3) is 0 Å². The van der Waals surface area contributed by atoms with Crippen molar-refractivity contribution < 1.29 is 9.59 Å². The van der Waals surface area contributed by atoms with Crippen molar-refractivity contribution in [2.75, 3.05) is 51.9 Å². The van der Waals surface area contributed by atoms with Crippen LogP contribution in [0.15, 0.2) is 0 Å². The molecule has 8 heteroatoms. The molecule has 20 heavy (non-hydrogen) atoms. The number of hydrogen-bond acceptors (Lipinski definition) is 6. The Kier molecular flexibility index (Phi) is 5.32. The van der Waals surface area contributed by atoms with E-state index < -0.39 is 0 Å². The van der Waals surface area contributed by atoms with Crippen molar-refractivity contribution in [3.8, 4) is 0 Å². The first-order valence-electron chi connectivity index (χ1n) is 6.21. The Labute approximate surface area is 123 Å². The quantitative estimate of drug-likeness (QED) is 0.848. The molecule has 0 aliphatic heterocycles. The second-order valence-corrected chi connectivity index (χ2v) is 5.69. The van der Waals surface area contributed by atoms with Crippen LogP contribution in [0.5, 0.6) is 0 Å². The van der Waals surface area contributed by atoms with Crippen LogP contribution in [0.1, 0.15) is 16.6 Å². The molecule has 0 aliphatic carbocycles. The van der Waals surface area contributed by atoms with E-state index in [1.807, 2.05) is 21.0 Å². The fourth-order valence-corrected chi connectivity index (χ4v) is 2.32. The summed E-state index contributed by atoms with van der Waals surface area (Å²) in [6.45, 7) is 2.30. The van der Waals surface area contributed by atoms with E-state index in [4.69, 9.17) is 5.73 Å². The van der Waals surface area contributed by atoms with Gasteiger partial charge in [0.25, 0.3) is 5.91 Å².